The van der Waals surface area contributed by atoms with Crippen LogP contribution in [0.2, 0.25) is 0 Å². The molecule has 1 aromatic heterocycles. The Bertz CT molecular complexity index is 401. The number of rotatable bonds is 3. The summed E-state index contributed by atoms with van der Waals surface area (Å²) in [6.45, 7) is 2.58. The molecule has 3 rings (SSSR count). The van der Waals surface area contributed by atoms with Crippen molar-refractivity contribution in [1.82, 2.24) is 15.1 Å². The van der Waals surface area contributed by atoms with Crippen LogP contribution in [0.3, 0.4) is 0 Å². The van der Waals surface area contributed by atoms with Gasteiger partial charge in [0.15, 0.2) is 0 Å². The van der Waals surface area contributed by atoms with E-state index in [4.69, 9.17) is 9.47 Å². The van der Waals surface area contributed by atoms with Gasteiger partial charge in [0.05, 0.1) is 12.8 Å². The van der Waals surface area contributed by atoms with Crippen molar-refractivity contribution < 1.29 is 9.47 Å². The minimum atomic E-state index is 0.129. The highest BCUT2D eigenvalue weighted by Crippen LogP contribution is 2.28. The Labute approximate surface area is 114 Å². The first kappa shape index (κ1) is 13.1. The maximum absolute atomic E-state index is 5.97. The Morgan fingerprint density at radius 1 is 1.32 bits per heavy atom. The number of hydrogen-bond donors (Lipinski definition) is 1. The van der Waals surface area contributed by atoms with Gasteiger partial charge in [0, 0.05) is 44.1 Å². The van der Waals surface area contributed by atoms with E-state index in [0.717, 1.165) is 39.1 Å². The lowest BCUT2D eigenvalue weighted by Gasteiger charge is -2.36. The van der Waals surface area contributed by atoms with Crippen molar-refractivity contribution in [1.29, 1.82) is 0 Å². The standard InChI is InChI=1S/C14H23N3O2/c1-17-9-11(8-15-17)14-13(5-3-7-19-14)16-12-4-2-6-18-10-12/h8-9,12-14,16H,2-7,10H2,1H3/t12?,13-,14+/m0/s1. The predicted molar refractivity (Wildman–Crippen MR) is 71.9 cm³/mol. The molecule has 5 nitrogen and oxygen atoms in total. The number of hydrogen-bond acceptors (Lipinski definition) is 4. The number of nitrogens with one attached hydrogen (secondary N) is 1. The van der Waals surface area contributed by atoms with E-state index in [2.05, 4.69) is 16.6 Å². The molecule has 1 unspecified atom stereocenters. The van der Waals surface area contributed by atoms with Gasteiger partial charge in [-0.25, -0.2) is 0 Å². The van der Waals surface area contributed by atoms with E-state index in [9.17, 15) is 0 Å². The van der Waals surface area contributed by atoms with Gasteiger partial charge in [0.25, 0.3) is 0 Å². The molecule has 0 aromatic carbocycles. The Balaban J connectivity index is 1.66. The van der Waals surface area contributed by atoms with Crippen LogP contribution in [0.5, 0.6) is 0 Å². The molecule has 106 valence electrons. The zero-order chi connectivity index (χ0) is 13.1. The topological polar surface area (TPSA) is 48.3 Å². The molecule has 0 bridgehead atoms. The second kappa shape index (κ2) is 6.03. The summed E-state index contributed by atoms with van der Waals surface area (Å²) < 4.78 is 13.4. The SMILES string of the molecule is Cn1cc([C@H]2OCCC[C@@H]2NC2CCCOC2)cn1. The first-order chi connectivity index (χ1) is 9.33. The molecule has 0 radical (unpaired) electrons. The van der Waals surface area contributed by atoms with Crippen LogP contribution in [0, 0.1) is 0 Å². The third-order valence-corrected chi connectivity index (χ3v) is 3.99. The van der Waals surface area contributed by atoms with E-state index in [0.29, 0.717) is 12.1 Å². The summed E-state index contributed by atoms with van der Waals surface area (Å²) in [6, 6.07) is 0.851. The highest BCUT2D eigenvalue weighted by atomic mass is 16.5. The van der Waals surface area contributed by atoms with Crippen LogP contribution in [0.4, 0.5) is 0 Å². The first-order valence-corrected chi connectivity index (χ1v) is 7.27. The second-order valence-corrected chi connectivity index (χ2v) is 5.57. The van der Waals surface area contributed by atoms with E-state index in [-0.39, 0.29) is 6.10 Å². The quantitative estimate of drug-likeness (QED) is 0.897. The summed E-state index contributed by atoms with van der Waals surface area (Å²) in [5, 5.41) is 7.99. The van der Waals surface area contributed by atoms with Crippen molar-refractivity contribution >= 4 is 0 Å². The summed E-state index contributed by atoms with van der Waals surface area (Å²) in [6.07, 6.45) is 8.76. The van der Waals surface area contributed by atoms with Crippen LogP contribution in [0.1, 0.15) is 37.4 Å². The summed E-state index contributed by atoms with van der Waals surface area (Å²) in [7, 11) is 1.95. The number of ether oxygens (including phenoxy) is 2. The fourth-order valence-electron chi connectivity index (χ4n) is 3.04. The molecular weight excluding hydrogens is 242 g/mol. The molecule has 5 heteroatoms. The Hall–Kier alpha value is -0.910. The number of aromatic nitrogens is 2. The van der Waals surface area contributed by atoms with Gasteiger partial charge in [0.1, 0.15) is 6.10 Å². The highest BCUT2D eigenvalue weighted by Gasteiger charge is 2.30. The highest BCUT2D eigenvalue weighted by molar-refractivity contribution is 5.12. The van der Waals surface area contributed by atoms with Gasteiger partial charge in [0.2, 0.25) is 0 Å². The smallest absolute Gasteiger partial charge is 0.101 e. The van der Waals surface area contributed by atoms with Crippen molar-refractivity contribution in [3.63, 3.8) is 0 Å². The van der Waals surface area contributed by atoms with Crippen LogP contribution < -0.4 is 5.32 Å². The van der Waals surface area contributed by atoms with Gasteiger partial charge in [-0.15, -0.1) is 0 Å². The average Bonchev–Trinajstić information content (AvgIpc) is 2.87. The molecule has 1 aromatic rings. The molecule has 2 fully saturated rings. The van der Waals surface area contributed by atoms with Crippen molar-refractivity contribution in [3.8, 4) is 0 Å². The lowest BCUT2D eigenvalue weighted by molar-refractivity contribution is -0.0228. The zero-order valence-electron chi connectivity index (χ0n) is 11.5. The Kier molecular flexibility index (Phi) is 4.15. The van der Waals surface area contributed by atoms with Crippen molar-refractivity contribution in [2.24, 2.45) is 7.05 Å². The van der Waals surface area contributed by atoms with Crippen LogP contribution in [0.15, 0.2) is 12.4 Å². The fraction of sp³-hybridized carbons (Fsp3) is 0.786. The number of nitrogens with zero attached hydrogens (tertiary/aromatic N) is 2. The third-order valence-electron chi connectivity index (χ3n) is 3.99. The molecule has 0 saturated carbocycles. The predicted octanol–water partition coefficient (Wildman–Crippen LogP) is 1.41. The normalized spacial score (nSPS) is 32.4. The molecule has 3 atom stereocenters. The number of aryl methyl sites for hydroxylation is 1. The molecule has 1 N–H and O–H groups in total. The van der Waals surface area contributed by atoms with Gasteiger partial charge in [-0.05, 0) is 25.7 Å². The Morgan fingerprint density at radius 2 is 2.21 bits per heavy atom. The van der Waals surface area contributed by atoms with Crippen molar-refractivity contribution in [2.75, 3.05) is 19.8 Å². The molecule has 0 amide bonds. The van der Waals surface area contributed by atoms with Crippen LogP contribution in [0.25, 0.3) is 0 Å². The van der Waals surface area contributed by atoms with Gasteiger partial charge in [-0.2, -0.15) is 5.10 Å². The molecule has 3 heterocycles. The largest absolute Gasteiger partial charge is 0.380 e. The molecular formula is C14H23N3O2. The molecule has 0 aliphatic carbocycles. The van der Waals surface area contributed by atoms with Crippen LogP contribution in [-0.2, 0) is 16.5 Å². The van der Waals surface area contributed by atoms with Crippen LogP contribution in [-0.4, -0.2) is 41.7 Å². The second-order valence-electron chi connectivity index (χ2n) is 5.57. The summed E-state index contributed by atoms with van der Waals surface area (Å²) >= 11 is 0. The molecule has 0 spiro atoms. The Morgan fingerprint density at radius 3 is 2.95 bits per heavy atom. The minimum Gasteiger partial charge on any atom is -0.380 e. The maximum Gasteiger partial charge on any atom is 0.101 e. The van der Waals surface area contributed by atoms with E-state index in [1.807, 2.05) is 17.9 Å². The molecule has 2 aliphatic rings. The molecule has 19 heavy (non-hydrogen) atoms. The molecule has 2 saturated heterocycles. The maximum atomic E-state index is 5.97. The van der Waals surface area contributed by atoms with Crippen molar-refractivity contribution in [2.45, 2.75) is 43.9 Å². The lowest BCUT2D eigenvalue weighted by Crippen LogP contribution is -2.47. The first-order valence-electron chi connectivity index (χ1n) is 7.27. The van der Waals surface area contributed by atoms with Gasteiger partial charge in [-0.1, -0.05) is 0 Å². The van der Waals surface area contributed by atoms with Gasteiger partial charge < -0.3 is 14.8 Å². The lowest BCUT2D eigenvalue weighted by atomic mass is 9.96. The van der Waals surface area contributed by atoms with Gasteiger partial charge >= 0.3 is 0 Å². The summed E-state index contributed by atoms with van der Waals surface area (Å²) in [4.78, 5) is 0. The monoisotopic (exact) mass is 265 g/mol. The fourth-order valence-corrected chi connectivity index (χ4v) is 3.04. The van der Waals surface area contributed by atoms with Crippen LogP contribution >= 0.6 is 0 Å². The van der Waals surface area contributed by atoms with E-state index in [1.54, 1.807) is 0 Å². The minimum absolute atomic E-state index is 0.129. The summed E-state index contributed by atoms with van der Waals surface area (Å²) in [5.74, 6) is 0. The van der Waals surface area contributed by atoms with E-state index in [1.165, 1.54) is 12.0 Å². The van der Waals surface area contributed by atoms with E-state index < -0.39 is 0 Å². The third kappa shape index (κ3) is 3.16. The van der Waals surface area contributed by atoms with E-state index >= 15 is 0 Å². The summed E-state index contributed by atoms with van der Waals surface area (Å²) in [5.41, 5.74) is 1.18. The average molecular weight is 265 g/mol. The molecule has 2 aliphatic heterocycles. The van der Waals surface area contributed by atoms with Gasteiger partial charge in [-0.3, -0.25) is 4.68 Å². The van der Waals surface area contributed by atoms with Crippen molar-refractivity contribution in [3.05, 3.63) is 18.0 Å². The zero-order valence-corrected chi connectivity index (χ0v) is 11.5.